The van der Waals surface area contributed by atoms with Crippen LogP contribution in [0.3, 0.4) is 0 Å². The highest BCUT2D eigenvalue weighted by atomic mass is 32.2. The summed E-state index contributed by atoms with van der Waals surface area (Å²) in [6, 6.07) is 0.669. The van der Waals surface area contributed by atoms with Crippen LogP contribution in [-0.4, -0.2) is 78.7 Å². The Kier molecular flexibility index (Phi) is 7.51. The van der Waals surface area contributed by atoms with E-state index < -0.39 is 0 Å². The Morgan fingerprint density at radius 3 is 2.00 bits per heavy atom. The van der Waals surface area contributed by atoms with Gasteiger partial charge in [-0.25, -0.2) is 0 Å². The molecule has 1 fully saturated rings. The van der Waals surface area contributed by atoms with Crippen molar-refractivity contribution >= 4 is 11.8 Å². The molecule has 17 heavy (non-hydrogen) atoms. The Labute approximate surface area is 112 Å². The molecule has 0 aromatic rings. The zero-order chi connectivity index (χ0) is 12.7. The number of thioether (sulfide) groups is 1. The van der Waals surface area contributed by atoms with E-state index in [4.69, 9.17) is 0 Å². The molecule has 0 unspecified atom stereocenters. The van der Waals surface area contributed by atoms with Gasteiger partial charge in [-0.1, -0.05) is 6.92 Å². The first-order valence-corrected chi connectivity index (χ1v) is 8.24. The Bertz CT molecular complexity index is 199. The van der Waals surface area contributed by atoms with Crippen molar-refractivity contribution in [2.24, 2.45) is 0 Å². The predicted octanol–water partition coefficient (Wildman–Crippen LogP) is 1.65. The average molecular weight is 259 g/mol. The average Bonchev–Trinajstić information content (AvgIpc) is 2.40. The maximum atomic E-state index is 2.61. The van der Waals surface area contributed by atoms with Crippen molar-refractivity contribution in [1.29, 1.82) is 0 Å². The fourth-order valence-corrected chi connectivity index (χ4v) is 2.93. The molecule has 0 aromatic heterocycles. The second-order valence-electron chi connectivity index (χ2n) is 5.10. The summed E-state index contributed by atoms with van der Waals surface area (Å²) < 4.78 is 0. The number of hydrogen-bond donors (Lipinski definition) is 0. The lowest BCUT2D eigenvalue weighted by molar-refractivity contribution is 0.188. The van der Waals surface area contributed by atoms with E-state index in [1.165, 1.54) is 51.7 Å². The SMILES string of the molecule is CCN1CCN(CSC)CCN(C(C)C)CC1. The zero-order valence-electron chi connectivity index (χ0n) is 12.0. The van der Waals surface area contributed by atoms with Crippen molar-refractivity contribution in [2.45, 2.75) is 26.8 Å². The van der Waals surface area contributed by atoms with Crippen LogP contribution < -0.4 is 0 Å². The highest BCUT2D eigenvalue weighted by Crippen LogP contribution is 2.06. The molecule has 3 nitrogen and oxygen atoms in total. The Morgan fingerprint density at radius 1 is 0.941 bits per heavy atom. The Morgan fingerprint density at radius 2 is 1.47 bits per heavy atom. The van der Waals surface area contributed by atoms with Crippen LogP contribution in [0.4, 0.5) is 0 Å². The number of rotatable bonds is 4. The normalized spacial score (nSPS) is 22.4. The van der Waals surface area contributed by atoms with Gasteiger partial charge in [0.1, 0.15) is 0 Å². The number of nitrogens with zero attached hydrogens (tertiary/aromatic N) is 3. The molecule has 1 aliphatic rings. The lowest BCUT2D eigenvalue weighted by atomic mass is 10.3. The van der Waals surface area contributed by atoms with Crippen molar-refractivity contribution in [3.8, 4) is 0 Å². The molecule has 1 saturated heterocycles. The predicted molar refractivity (Wildman–Crippen MR) is 78.8 cm³/mol. The minimum Gasteiger partial charge on any atom is -0.301 e. The van der Waals surface area contributed by atoms with E-state index in [1.54, 1.807) is 0 Å². The van der Waals surface area contributed by atoms with E-state index in [1.807, 2.05) is 11.8 Å². The molecule has 102 valence electrons. The van der Waals surface area contributed by atoms with Crippen LogP contribution in [0, 0.1) is 0 Å². The topological polar surface area (TPSA) is 9.72 Å². The third kappa shape index (κ3) is 5.60. The molecule has 0 aliphatic carbocycles. The van der Waals surface area contributed by atoms with Gasteiger partial charge in [-0.05, 0) is 26.6 Å². The summed E-state index contributed by atoms with van der Waals surface area (Å²) >= 11 is 1.94. The monoisotopic (exact) mass is 259 g/mol. The molecular formula is C13H29N3S. The first kappa shape index (κ1) is 15.3. The smallest absolute Gasteiger partial charge is 0.0442 e. The van der Waals surface area contributed by atoms with Gasteiger partial charge in [0.2, 0.25) is 0 Å². The summed E-state index contributed by atoms with van der Waals surface area (Å²) in [4.78, 5) is 7.78. The van der Waals surface area contributed by atoms with E-state index in [-0.39, 0.29) is 0 Å². The zero-order valence-corrected chi connectivity index (χ0v) is 12.8. The van der Waals surface area contributed by atoms with Gasteiger partial charge in [0.25, 0.3) is 0 Å². The minimum absolute atomic E-state index is 0.669. The molecule has 0 aromatic carbocycles. The van der Waals surface area contributed by atoms with Gasteiger partial charge in [0.05, 0.1) is 0 Å². The van der Waals surface area contributed by atoms with Gasteiger partial charge >= 0.3 is 0 Å². The molecule has 1 heterocycles. The summed E-state index contributed by atoms with van der Waals surface area (Å²) in [6.45, 7) is 15.4. The fourth-order valence-electron chi connectivity index (χ4n) is 2.30. The highest BCUT2D eigenvalue weighted by molar-refractivity contribution is 7.98. The van der Waals surface area contributed by atoms with E-state index in [0.717, 1.165) is 0 Å². The van der Waals surface area contributed by atoms with Crippen molar-refractivity contribution in [1.82, 2.24) is 14.7 Å². The molecule has 0 saturated carbocycles. The largest absolute Gasteiger partial charge is 0.301 e. The fraction of sp³-hybridized carbons (Fsp3) is 1.00. The van der Waals surface area contributed by atoms with Crippen LogP contribution in [0.5, 0.6) is 0 Å². The summed E-state index contributed by atoms with van der Waals surface area (Å²) in [5, 5.41) is 0. The van der Waals surface area contributed by atoms with Gasteiger partial charge < -0.3 is 4.90 Å². The van der Waals surface area contributed by atoms with Gasteiger partial charge in [0.15, 0.2) is 0 Å². The van der Waals surface area contributed by atoms with Crippen LogP contribution in [0.15, 0.2) is 0 Å². The van der Waals surface area contributed by atoms with Crippen molar-refractivity contribution < 1.29 is 0 Å². The molecule has 0 bridgehead atoms. The molecule has 0 spiro atoms. The van der Waals surface area contributed by atoms with E-state index in [2.05, 4.69) is 41.7 Å². The molecule has 1 aliphatic heterocycles. The van der Waals surface area contributed by atoms with Gasteiger partial charge in [-0.3, -0.25) is 9.80 Å². The summed E-state index contributed by atoms with van der Waals surface area (Å²) in [5.74, 6) is 1.17. The second kappa shape index (κ2) is 8.35. The number of likely N-dealkylation sites (N-methyl/N-ethyl adjacent to an activating group) is 1. The van der Waals surface area contributed by atoms with E-state index in [0.29, 0.717) is 6.04 Å². The first-order chi connectivity index (χ1) is 8.17. The molecule has 4 heteroatoms. The molecular weight excluding hydrogens is 230 g/mol. The lowest BCUT2D eigenvalue weighted by Crippen LogP contribution is -2.40. The third-order valence-corrected chi connectivity index (χ3v) is 4.25. The molecule has 0 radical (unpaired) electrons. The van der Waals surface area contributed by atoms with Crippen LogP contribution in [-0.2, 0) is 0 Å². The molecule has 0 atom stereocenters. The van der Waals surface area contributed by atoms with Crippen LogP contribution in [0.25, 0.3) is 0 Å². The Hall–Kier alpha value is 0.230. The quantitative estimate of drug-likeness (QED) is 0.759. The Balaban J connectivity index is 2.54. The van der Waals surface area contributed by atoms with E-state index in [9.17, 15) is 0 Å². The maximum absolute atomic E-state index is 2.61. The summed E-state index contributed by atoms with van der Waals surface area (Å²) in [6.07, 6.45) is 2.20. The third-order valence-electron chi connectivity index (χ3n) is 3.63. The van der Waals surface area contributed by atoms with Gasteiger partial charge in [-0.15, -0.1) is 11.8 Å². The standard InChI is InChI=1S/C13H29N3S/c1-5-14-6-7-15(12-17-4)9-11-16(10-8-14)13(2)3/h13H,5-12H2,1-4H3. The van der Waals surface area contributed by atoms with Gasteiger partial charge in [0, 0.05) is 51.2 Å². The highest BCUT2D eigenvalue weighted by Gasteiger charge is 2.16. The minimum atomic E-state index is 0.669. The molecule has 1 rings (SSSR count). The maximum Gasteiger partial charge on any atom is 0.0442 e. The van der Waals surface area contributed by atoms with Gasteiger partial charge in [-0.2, -0.15) is 0 Å². The second-order valence-corrected chi connectivity index (χ2v) is 5.94. The number of hydrogen-bond acceptors (Lipinski definition) is 4. The lowest BCUT2D eigenvalue weighted by Gasteiger charge is -2.28. The molecule has 0 N–H and O–H groups in total. The van der Waals surface area contributed by atoms with Crippen molar-refractivity contribution in [3.63, 3.8) is 0 Å². The molecule has 0 amide bonds. The van der Waals surface area contributed by atoms with Crippen molar-refractivity contribution in [3.05, 3.63) is 0 Å². The first-order valence-electron chi connectivity index (χ1n) is 6.85. The van der Waals surface area contributed by atoms with E-state index >= 15 is 0 Å². The van der Waals surface area contributed by atoms with Crippen LogP contribution in [0.2, 0.25) is 0 Å². The van der Waals surface area contributed by atoms with Crippen LogP contribution in [0.1, 0.15) is 20.8 Å². The van der Waals surface area contributed by atoms with Crippen molar-refractivity contribution in [2.75, 3.05) is 57.9 Å². The summed E-state index contributed by atoms with van der Waals surface area (Å²) in [5.41, 5.74) is 0. The summed E-state index contributed by atoms with van der Waals surface area (Å²) in [7, 11) is 0. The van der Waals surface area contributed by atoms with Crippen LogP contribution >= 0.6 is 11.8 Å².